The number of phenols is 1. The minimum atomic E-state index is -1.11. The number of carbonyl (C=O) groups is 1. The Morgan fingerprint density at radius 3 is 3.03 bits per heavy atom. The average molecular weight is 427 g/mol. The molecule has 5 aliphatic rings. The predicted octanol–water partition coefficient (Wildman–Crippen LogP) is 2.11. The molecule has 0 radical (unpaired) electrons. The van der Waals surface area contributed by atoms with Crippen LogP contribution < -0.4 is 15.0 Å². The van der Waals surface area contributed by atoms with Gasteiger partial charge in [-0.3, -0.25) is 4.79 Å². The highest BCUT2D eigenvalue weighted by molar-refractivity contribution is 6.25. The molecule has 4 atom stereocenters. The van der Waals surface area contributed by atoms with E-state index in [1.54, 1.807) is 18.0 Å². The summed E-state index contributed by atoms with van der Waals surface area (Å²) in [6.07, 6.45) is 1.23. The van der Waals surface area contributed by atoms with Gasteiger partial charge in [0.1, 0.15) is 0 Å². The second-order valence-corrected chi connectivity index (χ2v) is 9.87. The van der Waals surface area contributed by atoms with Crippen molar-refractivity contribution < 1.29 is 19.7 Å². The fourth-order valence-corrected chi connectivity index (χ4v) is 7.45. The van der Waals surface area contributed by atoms with Crippen LogP contribution >= 0.6 is 0 Å². The molecule has 2 aromatic carbocycles. The van der Waals surface area contributed by atoms with Crippen LogP contribution in [0.25, 0.3) is 10.9 Å². The molecule has 7 heteroatoms. The van der Waals surface area contributed by atoms with Gasteiger partial charge in [0.15, 0.2) is 17.6 Å². The number of pyridine rings is 1. The fourth-order valence-electron chi connectivity index (χ4n) is 7.45. The van der Waals surface area contributed by atoms with Crippen molar-refractivity contribution in [3.8, 4) is 11.5 Å². The number of carbonyl (C=O) groups excluding carboxylic acids is 1. The van der Waals surface area contributed by atoms with Crippen molar-refractivity contribution in [3.05, 3.63) is 58.3 Å². The van der Waals surface area contributed by atoms with Crippen LogP contribution in [0.1, 0.15) is 45.3 Å². The Balaban J connectivity index is 1.51. The lowest BCUT2D eigenvalue weighted by molar-refractivity contribution is -0.134. The van der Waals surface area contributed by atoms with Gasteiger partial charge in [-0.25, -0.2) is 4.98 Å². The van der Waals surface area contributed by atoms with Gasteiger partial charge in [0.2, 0.25) is 0 Å². The van der Waals surface area contributed by atoms with E-state index in [0.29, 0.717) is 30.6 Å². The van der Waals surface area contributed by atoms with Crippen LogP contribution in [-0.2, 0) is 18.3 Å². The van der Waals surface area contributed by atoms with Gasteiger partial charge >= 0.3 is 0 Å². The number of anilines is 1. The molecule has 3 aliphatic heterocycles. The summed E-state index contributed by atoms with van der Waals surface area (Å²) in [5.74, 6) is 0.537. The van der Waals surface area contributed by atoms with Crippen LogP contribution in [0.5, 0.6) is 11.5 Å². The van der Waals surface area contributed by atoms with Crippen LogP contribution in [0.3, 0.4) is 0 Å². The predicted molar refractivity (Wildman–Crippen MR) is 116 cm³/mol. The molecular formula is C25H21N3O4. The Morgan fingerprint density at radius 2 is 2.16 bits per heavy atom. The first-order valence-electron chi connectivity index (χ1n) is 11.2. The van der Waals surface area contributed by atoms with Crippen molar-refractivity contribution in [1.29, 1.82) is 0 Å². The molecule has 1 aromatic heterocycles. The molecule has 1 spiro atoms. The SMILES string of the molecule is CN1C(=O)c2cccc3nc4c(c1c23)C[C@@]1(O)[C@@H]2Cc3ccc(O)c5c3[C@@]1(CCN2)[C@H]4O5. The van der Waals surface area contributed by atoms with Crippen molar-refractivity contribution in [1.82, 2.24) is 10.3 Å². The highest BCUT2D eigenvalue weighted by atomic mass is 16.5. The van der Waals surface area contributed by atoms with E-state index in [9.17, 15) is 15.0 Å². The molecule has 0 unspecified atom stereocenters. The number of ether oxygens (including phenoxy) is 1. The molecular weight excluding hydrogens is 406 g/mol. The van der Waals surface area contributed by atoms with Crippen molar-refractivity contribution >= 4 is 22.5 Å². The number of rotatable bonds is 0. The van der Waals surface area contributed by atoms with Gasteiger partial charge < -0.3 is 25.2 Å². The van der Waals surface area contributed by atoms with Gasteiger partial charge in [-0.2, -0.15) is 0 Å². The number of fused-ring (bicyclic) bond motifs is 3. The third-order valence-corrected chi connectivity index (χ3v) is 8.72. The number of phenolic OH excluding ortho intramolecular Hbond substituents is 1. The topological polar surface area (TPSA) is 94.9 Å². The monoisotopic (exact) mass is 427 g/mol. The maximum Gasteiger partial charge on any atom is 0.258 e. The lowest BCUT2D eigenvalue weighted by atomic mass is 9.49. The van der Waals surface area contributed by atoms with E-state index < -0.39 is 17.1 Å². The lowest BCUT2D eigenvalue weighted by Gasteiger charge is -2.60. The Morgan fingerprint density at radius 1 is 1.28 bits per heavy atom. The van der Waals surface area contributed by atoms with Crippen molar-refractivity contribution in [3.63, 3.8) is 0 Å². The molecule has 1 saturated heterocycles. The number of benzene rings is 2. The molecule has 3 aromatic rings. The zero-order chi connectivity index (χ0) is 21.6. The van der Waals surface area contributed by atoms with Crippen LogP contribution in [-0.4, -0.2) is 46.3 Å². The molecule has 7 nitrogen and oxygen atoms in total. The lowest BCUT2D eigenvalue weighted by Crippen LogP contribution is -2.74. The summed E-state index contributed by atoms with van der Waals surface area (Å²) in [4.78, 5) is 19.7. The van der Waals surface area contributed by atoms with E-state index in [1.807, 2.05) is 24.3 Å². The molecule has 2 bridgehead atoms. The second kappa shape index (κ2) is 5.08. The Bertz CT molecular complexity index is 1430. The Kier molecular flexibility index (Phi) is 2.76. The minimum Gasteiger partial charge on any atom is -0.504 e. The van der Waals surface area contributed by atoms with Crippen LogP contribution in [0.4, 0.5) is 5.69 Å². The van der Waals surface area contributed by atoms with Gasteiger partial charge in [-0.05, 0) is 43.1 Å². The summed E-state index contributed by atoms with van der Waals surface area (Å²) in [5.41, 5.74) is 4.19. The number of hydrogen-bond donors (Lipinski definition) is 3. The smallest absolute Gasteiger partial charge is 0.258 e. The first-order valence-corrected chi connectivity index (χ1v) is 11.2. The third kappa shape index (κ3) is 1.57. The number of aromatic hydroxyl groups is 1. The number of nitrogens with one attached hydrogen (secondary N) is 1. The number of aliphatic hydroxyl groups is 1. The van der Waals surface area contributed by atoms with Gasteiger partial charge in [-0.15, -0.1) is 0 Å². The first-order chi connectivity index (χ1) is 15.5. The van der Waals surface area contributed by atoms with Gasteiger partial charge in [0.05, 0.1) is 33.5 Å². The van der Waals surface area contributed by atoms with Crippen LogP contribution in [0, 0.1) is 0 Å². The highest BCUT2D eigenvalue weighted by Gasteiger charge is 2.72. The molecule has 8 rings (SSSR count). The van der Waals surface area contributed by atoms with Crippen molar-refractivity contribution in [2.45, 2.75) is 42.4 Å². The molecule has 0 saturated carbocycles. The first kappa shape index (κ1) is 17.4. The quantitative estimate of drug-likeness (QED) is 0.509. The molecule has 3 N–H and O–H groups in total. The Labute approximate surface area is 183 Å². The maximum absolute atomic E-state index is 13.0. The number of hydrogen-bond acceptors (Lipinski definition) is 6. The molecule has 4 heterocycles. The molecule has 32 heavy (non-hydrogen) atoms. The summed E-state index contributed by atoms with van der Waals surface area (Å²) in [5, 5.41) is 27.6. The molecule has 1 fully saturated rings. The minimum absolute atomic E-state index is 0.0504. The van der Waals surface area contributed by atoms with E-state index in [0.717, 1.165) is 45.5 Å². The highest BCUT2D eigenvalue weighted by Crippen LogP contribution is 2.68. The summed E-state index contributed by atoms with van der Waals surface area (Å²) in [6.45, 7) is 0.764. The van der Waals surface area contributed by atoms with E-state index in [4.69, 9.17) is 9.72 Å². The van der Waals surface area contributed by atoms with Crippen molar-refractivity contribution in [2.75, 3.05) is 18.5 Å². The van der Waals surface area contributed by atoms with E-state index in [1.165, 1.54) is 0 Å². The normalized spacial score (nSPS) is 32.7. The standard InChI is InChI=1S/C25H21N3O4/c1-28-20-13-10-25(31)16-9-11-5-6-15(29)21-18(11)24(25,7-8-26-16)22(32-21)19(13)27-14-4-2-3-12(17(14)20)23(28)30/h2-6,16,22,26,29,31H,7-10H2,1H3/t16-,22-,24-,25+/m0/s1. The zero-order valence-corrected chi connectivity index (χ0v) is 17.5. The number of piperidine rings is 1. The zero-order valence-electron chi connectivity index (χ0n) is 17.5. The number of nitrogens with zero attached hydrogens (tertiary/aromatic N) is 2. The van der Waals surface area contributed by atoms with E-state index in [2.05, 4.69) is 5.32 Å². The summed E-state index contributed by atoms with van der Waals surface area (Å²) in [7, 11) is 1.79. The number of aromatic nitrogens is 1. The largest absolute Gasteiger partial charge is 0.504 e. The summed E-state index contributed by atoms with van der Waals surface area (Å²) >= 11 is 0. The number of amides is 1. The molecule has 2 aliphatic carbocycles. The molecule has 1 amide bonds. The van der Waals surface area contributed by atoms with Crippen molar-refractivity contribution in [2.24, 2.45) is 0 Å². The third-order valence-electron chi connectivity index (χ3n) is 8.72. The van der Waals surface area contributed by atoms with Gasteiger partial charge in [0.25, 0.3) is 5.91 Å². The molecule has 160 valence electrons. The maximum atomic E-state index is 13.0. The fraction of sp³-hybridized carbons (Fsp3) is 0.360. The van der Waals surface area contributed by atoms with Crippen LogP contribution in [0.2, 0.25) is 0 Å². The summed E-state index contributed by atoms with van der Waals surface area (Å²) < 4.78 is 6.52. The van der Waals surface area contributed by atoms with Crippen LogP contribution in [0.15, 0.2) is 30.3 Å². The summed E-state index contributed by atoms with van der Waals surface area (Å²) in [6, 6.07) is 9.15. The average Bonchev–Trinajstić information content (AvgIpc) is 3.25. The second-order valence-electron chi connectivity index (χ2n) is 9.87. The van der Waals surface area contributed by atoms with E-state index in [-0.39, 0.29) is 17.7 Å². The van der Waals surface area contributed by atoms with Gasteiger partial charge in [0, 0.05) is 36.0 Å². The Hall–Kier alpha value is -3.16. The van der Waals surface area contributed by atoms with Gasteiger partial charge in [-0.1, -0.05) is 12.1 Å². The van der Waals surface area contributed by atoms with E-state index >= 15 is 0 Å².